The molecule has 0 aliphatic carbocycles. The number of nitriles is 2. The van der Waals surface area contributed by atoms with Gasteiger partial charge in [0.2, 0.25) is 0 Å². The van der Waals surface area contributed by atoms with Gasteiger partial charge in [0.15, 0.2) is 0 Å². The Balaban J connectivity index is -0.0000000356. The van der Waals surface area contributed by atoms with Crippen LogP contribution in [0.3, 0.4) is 0 Å². The molecule has 0 bridgehead atoms. The van der Waals surface area contributed by atoms with Crippen LogP contribution in [0.2, 0.25) is 0 Å². The Morgan fingerprint density at radius 1 is 0.306 bits per heavy atom. The van der Waals surface area contributed by atoms with E-state index in [4.69, 9.17) is 213 Å². The molecule has 0 aliphatic rings. The summed E-state index contributed by atoms with van der Waals surface area (Å²) in [4.78, 5) is 76.2. The molecule has 624 valence electrons. The number of aromatic nitrogens is 6. The number of halogens is 3. The summed E-state index contributed by atoms with van der Waals surface area (Å²) in [7, 11) is 9.53. The molecule has 111 heavy (non-hydrogen) atoms. The molecule has 2 aromatic heterocycles. The Labute approximate surface area is 773 Å². The molecule has 0 aliphatic heterocycles. The summed E-state index contributed by atoms with van der Waals surface area (Å²) in [6, 6.07) is 3.50. The Kier molecular flexibility index (Phi) is 291. The first-order valence-corrected chi connectivity index (χ1v) is 38.9. The van der Waals surface area contributed by atoms with Crippen LogP contribution in [0.5, 0.6) is 0 Å². The van der Waals surface area contributed by atoms with Crippen molar-refractivity contribution >= 4 is 19.4 Å². The number of aliphatic hydroxyl groups excluding tert-OH is 6. The predicted octanol–water partition coefficient (Wildman–Crippen LogP) is 1.71. The van der Waals surface area contributed by atoms with Gasteiger partial charge >= 0.3 is 140 Å². The molecule has 2 radical (unpaired) electrons. The van der Waals surface area contributed by atoms with E-state index in [0.717, 1.165) is 87.7 Å². The summed E-state index contributed by atoms with van der Waals surface area (Å²) in [5.74, 6) is 0. The zero-order valence-electron chi connectivity index (χ0n) is 66.7. The molecule has 0 spiro atoms. The fourth-order valence-corrected chi connectivity index (χ4v) is 6.22. The van der Waals surface area contributed by atoms with E-state index in [1.54, 1.807) is 53.7 Å². The van der Waals surface area contributed by atoms with Crippen LogP contribution in [0.25, 0.3) is 0 Å². The van der Waals surface area contributed by atoms with Crippen LogP contribution in [-0.2, 0) is 127 Å². The standard InChI is InChI=1S/2C19H35N3O6.2C4H10O.2C3H7.2C2H3N.12CN.3ClH.2Co.K.3Zn/c2*23-14-8-2-1-5-11-20-17(26)21(12-6-3-9-15-24)19(28)22(18(20)27)13-7-4-10-16-25;2*1-4(2,3)5;2*1-3-2;2*1-2-3;12*1-2;;;;;;;;;/h2*23-25H,1-16H2;2*5H,1-3H3;2*3H,1-2H3;2*1H3;;;;;;;;;;;;;3*1H;;;;;;/q;;;;2*-1;;;12*-1;;;;;;+1;;2*+2/p-3. The largest absolute Gasteiger partial charge is 1.00 e. The molecule has 2 aromatic rings. The van der Waals surface area contributed by atoms with Crippen LogP contribution < -0.4 is 97.9 Å². The summed E-state index contributed by atoms with van der Waals surface area (Å²) >= 11 is 1.69. The summed E-state index contributed by atoms with van der Waals surface area (Å²) in [5, 5.41) is 160. The van der Waals surface area contributed by atoms with Gasteiger partial charge in [-0.25, -0.2) is 56.2 Å². The van der Waals surface area contributed by atoms with Crippen LogP contribution in [0.1, 0.15) is 212 Å². The van der Waals surface area contributed by atoms with Crippen LogP contribution in [0, 0.1) is 178 Å². The molecular formula is C68H110Cl3Co2KN20O14Zn3-12. The zero-order valence-corrected chi connectivity index (χ0v) is 83.0. The minimum Gasteiger partial charge on any atom is 0 e. The zero-order chi connectivity index (χ0) is 89.4. The van der Waals surface area contributed by atoms with Gasteiger partial charge in [-0.05, 0) is 144 Å². The van der Waals surface area contributed by atoms with Crippen molar-refractivity contribution in [1.29, 1.82) is 73.7 Å². The van der Waals surface area contributed by atoms with Gasteiger partial charge in [0.05, 0.1) is 23.3 Å². The summed E-state index contributed by atoms with van der Waals surface area (Å²) < 4.78 is 6.77. The Morgan fingerprint density at radius 2 is 0.369 bits per heavy atom. The van der Waals surface area contributed by atoms with Crippen molar-refractivity contribution in [2.75, 3.05) is 39.6 Å². The van der Waals surface area contributed by atoms with E-state index in [9.17, 15) is 28.8 Å². The van der Waals surface area contributed by atoms with Crippen molar-refractivity contribution in [1.82, 2.24) is 27.4 Å². The third-order valence-corrected chi connectivity index (χ3v) is 9.51. The molecule has 0 aromatic carbocycles. The van der Waals surface area contributed by atoms with Crippen molar-refractivity contribution in [2.24, 2.45) is 0 Å². The van der Waals surface area contributed by atoms with Crippen molar-refractivity contribution < 1.29 is 192 Å². The normalized spacial score (nSPS) is 7.57. The SMILES string of the molecule is CC#N.CC#N.CC(C)(C)O.CC(C)(C)O.C[CH-]C.C[CH-]C.O=c1n(CCCCCO)c(=O)n(CCCCCCO)c(=O)n1CCCCCO.O=c1n(CCCCCO)c(=O)n(CCCCCCO)c(=O)n1CCCCCO.[C-]#N.[C-]#N.[C-]#N.[C-]#N.[C-]#N.[C-]#N.[C-]#N.[C-]#N.[C-]#N.[C-]#N.[C-]#N.[C-]#N.[Cl-].[Cl][Zn+].[Cl][Zn+].[Co].[Co].[K+].[Zn]. The fourth-order valence-electron chi connectivity index (χ4n) is 6.22. The predicted molar refractivity (Wildman–Crippen MR) is 382 cm³/mol. The van der Waals surface area contributed by atoms with E-state index in [1.165, 1.54) is 13.8 Å². The second-order valence-corrected chi connectivity index (χ2v) is 20.0. The number of unbranched alkanes of at least 4 members (excludes halogenated alkanes) is 14. The maximum Gasteiger partial charge on any atom is 1.00 e. The summed E-state index contributed by atoms with van der Waals surface area (Å²) in [6.07, 6.45) is 17.4. The maximum atomic E-state index is 12.7. The van der Waals surface area contributed by atoms with Crippen molar-refractivity contribution in [2.45, 2.75) is 262 Å². The molecule has 0 saturated carbocycles. The van der Waals surface area contributed by atoms with Crippen molar-refractivity contribution in [3.8, 4) is 12.1 Å². The topological polar surface area (TPSA) is 627 Å². The average molecular weight is 1890 g/mol. The minimum atomic E-state index is -0.584. The molecule has 2 heterocycles. The first-order valence-electron chi connectivity index (χ1n) is 31.1. The smallest absolute Gasteiger partial charge is 0 e. The van der Waals surface area contributed by atoms with Crippen LogP contribution >= 0.6 is 19.4 Å². The molecule has 2 rings (SSSR count). The van der Waals surface area contributed by atoms with E-state index in [2.05, 4.69) is 0 Å². The van der Waals surface area contributed by atoms with E-state index >= 15 is 0 Å². The third kappa shape index (κ3) is 170. The molecule has 0 atom stereocenters. The summed E-state index contributed by atoms with van der Waals surface area (Å²) in [6.45, 7) is 80.2. The number of hydrogen-bond donors (Lipinski definition) is 8. The molecule has 43 heteroatoms. The van der Waals surface area contributed by atoms with Crippen LogP contribution in [0.4, 0.5) is 0 Å². The molecule has 0 fully saturated rings. The van der Waals surface area contributed by atoms with Gasteiger partial charge in [0, 0.05) is 146 Å². The second kappa shape index (κ2) is 182. The third-order valence-electron chi connectivity index (χ3n) is 9.51. The number of hydrogen-bond acceptors (Lipinski definition) is 28. The van der Waals surface area contributed by atoms with Gasteiger partial charge in [-0.15, -0.1) is 0 Å². The number of aliphatic hydroxyl groups is 8. The molecule has 8 N–H and O–H groups in total. The number of nitrogens with zero attached hydrogens (tertiary/aromatic N) is 20. The van der Waals surface area contributed by atoms with Gasteiger partial charge in [0.1, 0.15) is 0 Å². The monoisotopic (exact) mass is 1880 g/mol. The van der Waals surface area contributed by atoms with Gasteiger partial charge in [-0.2, -0.15) is 38.2 Å². The van der Waals surface area contributed by atoms with E-state index in [1.807, 2.05) is 40.5 Å². The van der Waals surface area contributed by atoms with Crippen LogP contribution in [0.15, 0.2) is 28.8 Å². The van der Waals surface area contributed by atoms with E-state index in [-0.39, 0.29) is 196 Å². The summed E-state index contributed by atoms with van der Waals surface area (Å²) in [5.41, 5.74) is -4.47. The maximum absolute atomic E-state index is 12.7. The first-order chi connectivity index (χ1) is 50.8. The molecule has 0 saturated heterocycles. The van der Waals surface area contributed by atoms with Gasteiger partial charge < -0.3 is 208 Å². The van der Waals surface area contributed by atoms with Gasteiger partial charge in [-0.1, -0.05) is 25.7 Å². The quantitative estimate of drug-likeness (QED) is 0.0293. The van der Waals surface area contributed by atoms with Crippen molar-refractivity contribution in [3.05, 3.63) is 155 Å². The Hall–Kier alpha value is -5.25. The van der Waals surface area contributed by atoms with Gasteiger partial charge in [0.25, 0.3) is 0 Å². The van der Waals surface area contributed by atoms with Gasteiger partial charge in [-0.3, -0.25) is 0 Å². The van der Waals surface area contributed by atoms with E-state index in [0.29, 0.717) is 103 Å². The Morgan fingerprint density at radius 3 is 0.441 bits per heavy atom. The Bertz CT molecular complexity index is 2410. The van der Waals surface area contributed by atoms with Crippen molar-refractivity contribution in [3.63, 3.8) is 0 Å². The average Bonchev–Trinajstić information content (AvgIpc) is 0.798. The molecule has 34 nitrogen and oxygen atoms in total. The minimum absolute atomic E-state index is 0. The van der Waals surface area contributed by atoms with E-state index < -0.39 is 45.3 Å². The second-order valence-electron chi connectivity index (χ2n) is 20.0. The molecular weight excluding hydrogens is 1780 g/mol. The van der Waals surface area contributed by atoms with Crippen LogP contribution in [-0.4, -0.2) is 119 Å². The number of rotatable bonds is 32. The molecule has 0 unspecified atom stereocenters. The fraction of sp³-hybridized carbons (Fsp3) is 0.676. The first kappa shape index (κ1) is 178. The molecule has 0 amide bonds.